The van der Waals surface area contributed by atoms with Crippen molar-refractivity contribution in [3.05, 3.63) is 64.3 Å². The summed E-state index contributed by atoms with van der Waals surface area (Å²) in [5.74, 6) is -0.461. The second-order valence-corrected chi connectivity index (χ2v) is 8.93. The number of halogens is 1. The Kier molecular flexibility index (Phi) is 7.65. The second kappa shape index (κ2) is 10.6. The van der Waals surface area contributed by atoms with Crippen LogP contribution < -0.4 is 4.74 Å². The standard InChI is InChI=1S/C25H26ClNO9/c1-12-16(10-20(28)35-11-19-21(29)22(30)23(31)25(33)36-19)17-9-15(34-2)7-8-18(17)27(12)24(32)13-3-5-14(26)6-4-13/h3-9,19,21-23,25,29-31,33H,10-11H2,1-2H3/t19-,21-,22+,23-,25-/m1/s1. The molecule has 1 aliphatic heterocycles. The molecule has 3 aromatic rings. The quantitative estimate of drug-likeness (QED) is 0.352. The number of benzene rings is 2. The van der Waals surface area contributed by atoms with E-state index in [1.807, 2.05) is 0 Å². The first-order chi connectivity index (χ1) is 17.1. The minimum absolute atomic E-state index is 0.215. The Bertz CT molecular complexity index is 1270. The maximum atomic E-state index is 13.4. The van der Waals surface area contributed by atoms with E-state index >= 15 is 0 Å². The maximum Gasteiger partial charge on any atom is 0.310 e. The van der Waals surface area contributed by atoms with E-state index in [1.165, 1.54) is 11.7 Å². The lowest BCUT2D eigenvalue weighted by Gasteiger charge is -2.37. The lowest BCUT2D eigenvalue weighted by molar-refractivity contribution is -0.287. The van der Waals surface area contributed by atoms with Crippen LogP contribution in [0.5, 0.6) is 5.75 Å². The first-order valence-corrected chi connectivity index (χ1v) is 11.5. The van der Waals surface area contributed by atoms with Gasteiger partial charge in [-0.2, -0.15) is 0 Å². The molecule has 0 bridgehead atoms. The van der Waals surface area contributed by atoms with Gasteiger partial charge in [0, 0.05) is 21.7 Å². The molecule has 2 heterocycles. The Labute approximate surface area is 211 Å². The van der Waals surface area contributed by atoms with Gasteiger partial charge in [0.25, 0.3) is 5.91 Å². The monoisotopic (exact) mass is 519 g/mol. The van der Waals surface area contributed by atoms with Crippen LogP contribution >= 0.6 is 11.6 Å². The van der Waals surface area contributed by atoms with E-state index in [-0.39, 0.29) is 12.3 Å². The number of rotatable bonds is 6. The smallest absolute Gasteiger partial charge is 0.310 e. The SMILES string of the molecule is COc1ccc2c(c1)c(CC(=O)OC[C@H]1O[C@@H](O)[C@H](O)[C@@H](O)[C@@H]1O)c(C)n2C(=O)c1ccc(Cl)cc1. The Morgan fingerprint density at radius 1 is 1.03 bits per heavy atom. The Balaban J connectivity index is 1.60. The van der Waals surface area contributed by atoms with E-state index in [4.69, 9.17) is 25.8 Å². The number of methoxy groups -OCH3 is 1. The van der Waals surface area contributed by atoms with Crippen LogP contribution in [0.1, 0.15) is 21.6 Å². The predicted octanol–water partition coefficient (Wildman–Crippen LogP) is 1.19. The van der Waals surface area contributed by atoms with Gasteiger partial charge in [-0.25, -0.2) is 0 Å². The minimum Gasteiger partial charge on any atom is -0.497 e. The normalized spacial score (nSPS) is 24.0. The van der Waals surface area contributed by atoms with Gasteiger partial charge in [0.2, 0.25) is 0 Å². The van der Waals surface area contributed by atoms with E-state index in [2.05, 4.69) is 0 Å². The number of aliphatic hydroxyl groups excluding tert-OH is 4. The van der Waals surface area contributed by atoms with Gasteiger partial charge >= 0.3 is 5.97 Å². The van der Waals surface area contributed by atoms with Crippen molar-refractivity contribution in [2.45, 2.75) is 44.1 Å². The van der Waals surface area contributed by atoms with E-state index < -0.39 is 43.3 Å². The Morgan fingerprint density at radius 2 is 1.72 bits per heavy atom. The zero-order chi connectivity index (χ0) is 26.1. The Morgan fingerprint density at radius 3 is 2.39 bits per heavy atom. The van der Waals surface area contributed by atoms with Crippen molar-refractivity contribution < 1.29 is 44.2 Å². The third kappa shape index (κ3) is 4.96. The van der Waals surface area contributed by atoms with Crippen LogP contribution in [0.2, 0.25) is 5.02 Å². The minimum atomic E-state index is -1.74. The molecule has 2 aromatic carbocycles. The number of carbonyl (C=O) groups is 2. The second-order valence-electron chi connectivity index (χ2n) is 8.49. The van der Waals surface area contributed by atoms with Crippen LogP contribution in [0.15, 0.2) is 42.5 Å². The number of esters is 1. The molecule has 0 amide bonds. The molecule has 1 aromatic heterocycles. The van der Waals surface area contributed by atoms with Crippen molar-refractivity contribution in [1.29, 1.82) is 0 Å². The fourth-order valence-electron chi connectivity index (χ4n) is 4.23. The van der Waals surface area contributed by atoms with Crippen LogP contribution in [-0.4, -0.2) is 81.3 Å². The highest BCUT2D eigenvalue weighted by molar-refractivity contribution is 6.30. The molecule has 4 N–H and O–H groups in total. The maximum absolute atomic E-state index is 13.4. The van der Waals surface area contributed by atoms with E-state index in [0.29, 0.717) is 38.5 Å². The molecule has 5 atom stereocenters. The average Bonchev–Trinajstić information content (AvgIpc) is 3.14. The number of hydrogen-bond donors (Lipinski definition) is 4. The molecule has 192 valence electrons. The van der Waals surface area contributed by atoms with Gasteiger partial charge in [0.1, 0.15) is 36.8 Å². The molecule has 0 spiro atoms. The largest absolute Gasteiger partial charge is 0.497 e. The number of aliphatic hydroxyl groups is 4. The summed E-state index contributed by atoms with van der Waals surface area (Å²) in [6.45, 7) is 1.25. The highest BCUT2D eigenvalue weighted by atomic mass is 35.5. The summed E-state index contributed by atoms with van der Waals surface area (Å²) >= 11 is 5.95. The summed E-state index contributed by atoms with van der Waals surface area (Å²) < 4.78 is 17.1. The van der Waals surface area contributed by atoms with E-state index in [9.17, 15) is 30.0 Å². The molecule has 0 radical (unpaired) electrons. The summed E-state index contributed by atoms with van der Waals surface area (Å²) in [5, 5.41) is 40.2. The number of nitrogens with zero attached hydrogens (tertiary/aromatic N) is 1. The van der Waals surface area contributed by atoms with Crippen molar-refractivity contribution in [1.82, 2.24) is 4.57 Å². The van der Waals surface area contributed by atoms with Gasteiger partial charge in [0.05, 0.1) is 19.0 Å². The lowest BCUT2D eigenvalue weighted by Crippen LogP contribution is -2.58. The topological polar surface area (TPSA) is 148 Å². The predicted molar refractivity (Wildman–Crippen MR) is 128 cm³/mol. The highest BCUT2D eigenvalue weighted by Gasteiger charge is 2.43. The van der Waals surface area contributed by atoms with Crippen molar-refractivity contribution in [3.8, 4) is 5.75 Å². The van der Waals surface area contributed by atoms with Crippen molar-refractivity contribution in [3.63, 3.8) is 0 Å². The molecule has 0 unspecified atom stereocenters. The molecule has 1 fully saturated rings. The van der Waals surface area contributed by atoms with Gasteiger partial charge < -0.3 is 34.6 Å². The van der Waals surface area contributed by atoms with E-state index in [0.717, 1.165) is 0 Å². The molecule has 11 heteroatoms. The van der Waals surface area contributed by atoms with Gasteiger partial charge in [-0.05, 0) is 55.0 Å². The lowest BCUT2D eigenvalue weighted by atomic mass is 9.99. The zero-order valence-electron chi connectivity index (χ0n) is 19.5. The molecule has 10 nitrogen and oxygen atoms in total. The van der Waals surface area contributed by atoms with Crippen LogP contribution in [0.25, 0.3) is 10.9 Å². The van der Waals surface area contributed by atoms with Gasteiger partial charge in [-0.15, -0.1) is 0 Å². The molecule has 0 aliphatic carbocycles. The molecule has 36 heavy (non-hydrogen) atoms. The molecule has 0 saturated carbocycles. The fourth-order valence-corrected chi connectivity index (χ4v) is 4.36. The fraction of sp³-hybridized carbons (Fsp3) is 0.360. The number of carbonyl (C=O) groups excluding carboxylic acids is 2. The van der Waals surface area contributed by atoms with Gasteiger partial charge in [-0.3, -0.25) is 14.2 Å². The number of hydrogen-bond acceptors (Lipinski definition) is 9. The summed E-state index contributed by atoms with van der Waals surface area (Å²) in [5.41, 5.74) is 2.05. The summed E-state index contributed by atoms with van der Waals surface area (Å²) in [6.07, 6.45) is -8.11. The van der Waals surface area contributed by atoms with E-state index in [1.54, 1.807) is 49.4 Å². The third-order valence-corrected chi connectivity index (χ3v) is 6.50. The molecule has 1 saturated heterocycles. The molecule has 1 aliphatic rings. The van der Waals surface area contributed by atoms with Gasteiger partial charge in [-0.1, -0.05) is 11.6 Å². The molecule has 4 rings (SSSR count). The van der Waals surface area contributed by atoms with Crippen molar-refractivity contribution in [2.24, 2.45) is 0 Å². The average molecular weight is 520 g/mol. The summed E-state index contributed by atoms with van der Waals surface area (Å²) in [4.78, 5) is 26.1. The molecular weight excluding hydrogens is 494 g/mol. The van der Waals surface area contributed by atoms with Crippen molar-refractivity contribution >= 4 is 34.4 Å². The first-order valence-electron chi connectivity index (χ1n) is 11.1. The number of aromatic nitrogens is 1. The summed E-state index contributed by atoms with van der Waals surface area (Å²) in [6, 6.07) is 11.6. The Hall–Kier alpha value is -2.99. The number of fused-ring (bicyclic) bond motifs is 1. The van der Waals surface area contributed by atoms with Gasteiger partial charge in [0.15, 0.2) is 6.29 Å². The zero-order valence-corrected chi connectivity index (χ0v) is 20.3. The first kappa shape index (κ1) is 26.1. The summed E-state index contributed by atoms with van der Waals surface area (Å²) in [7, 11) is 1.51. The highest BCUT2D eigenvalue weighted by Crippen LogP contribution is 2.31. The van der Waals surface area contributed by atoms with Crippen molar-refractivity contribution in [2.75, 3.05) is 13.7 Å². The van der Waals surface area contributed by atoms with Crippen LogP contribution in [0.4, 0.5) is 0 Å². The van der Waals surface area contributed by atoms with Crippen LogP contribution in [0.3, 0.4) is 0 Å². The van der Waals surface area contributed by atoms with Crippen LogP contribution in [-0.2, 0) is 20.7 Å². The third-order valence-electron chi connectivity index (χ3n) is 6.25. The van der Waals surface area contributed by atoms with Crippen LogP contribution in [0, 0.1) is 6.92 Å². The number of ether oxygens (including phenoxy) is 3. The molecular formula is C25H26ClNO9.